The Morgan fingerprint density at radius 2 is 2.06 bits per heavy atom. The number of hydrogen-bond acceptors (Lipinski definition) is 7. The number of ether oxygens (including phenoxy) is 1. The fourth-order valence-corrected chi connectivity index (χ4v) is 5.98. The van der Waals surface area contributed by atoms with Crippen LogP contribution in [-0.2, 0) is 17.7 Å². The molecule has 176 valence electrons. The van der Waals surface area contributed by atoms with Gasteiger partial charge >= 0.3 is 0 Å². The molecule has 0 radical (unpaired) electrons. The first kappa shape index (κ1) is 21.8. The van der Waals surface area contributed by atoms with Gasteiger partial charge in [0.25, 0.3) is 0 Å². The van der Waals surface area contributed by atoms with Crippen LogP contribution in [0.3, 0.4) is 0 Å². The largest absolute Gasteiger partial charge is 0.373 e. The van der Waals surface area contributed by atoms with Gasteiger partial charge in [0.1, 0.15) is 5.82 Å². The van der Waals surface area contributed by atoms with Crippen LogP contribution >= 0.6 is 11.3 Å². The summed E-state index contributed by atoms with van der Waals surface area (Å²) >= 11 is 1.65. The number of pyridine rings is 2. The Morgan fingerprint density at radius 3 is 2.82 bits per heavy atom. The standard InChI is InChI=1S/C26H27FN4O2S/c1-17-4-5-21-24(30-17)19(20(27)15-28-21)6-7-26-10-8-25(9-11-26,16-32-26)29-14-18-13-22(33-31-18)23-3-2-12-34-23/h2-5,12-13,15,29H,6-11,14,16H2,1H3. The van der Waals surface area contributed by atoms with Crippen molar-refractivity contribution in [3.05, 3.63) is 64.7 Å². The average molecular weight is 479 g/mol. The van der Waals surface area contributed by atoms with Crippen molar-refractivity contribution in [1.29, 1.82) is 0 Å². The Labute approximate surface area is 201 Å². The summed E-state index contributed by atoms with van der Waals surface area (Å²) in [4.78, 5) is 9.87. The van der Waals surface area contributed by atoms with Crippen molar-refractivity contribution in [2.45, 2.75) is 63.1 Å². The minimum Gasteiger partial charge on any atom is -0.373 e. The second kappa shape index (κ2) is 8.52. The molecule has 0 unspecified atom stereocenters. The zero-order valence-corrected chi connectivity index (χ0v) is 20.0. The first-order valence-corrected chi connectivity index (χ1v) is 12.7. The topological polar surface area (TPSA) is 73.1 Å². The Balaban J connectivity index is 1.09. The van der Waals surface area contributed by atoms with Crippen LogP contribution in [0, 0.1) is 12.7 Å². The number of rotatable bonds is 7. The van der Waals surface area contributed by atoms with E-state index in [0.29, 0.717) is 30.7 Å². The third-order valence-corrected chi connectivity index (χ3v) is 8.36. The summed E-state index contributed by atoms with van der Waals surface area (Å²) in [5.41, 5.74) is 3.63. The van der Waals surface area contributed by atoms with Crippen LogP contribution in [-0.4, -0.2) is 32.9 Å². The molecule has 4 aromatic rings. The normalized spacial score (nSPS) is 24.2. The Hall–Kier alpha value is -2.68. The average Bonchev–Trinajstić information content (AvgIpc) is 3.56. The van der Waals surface area contributed by atoms with Gasteiger partial charge in [-0.2, -0.15) is 0 Å². The van der Waals surface area contributed by atoms with Crippen molar-refractivity contribution in [1.82, 2.24) is 20.4 Å². The predicted molar refractivity (Wildman–Crippen MR) is 129 cm³/mol. The molecule has 3 aliphatic rings. The summed E-state index contributed by atoms with van der Waals surface area (Å²) in [5, 5.41) is 9.97. The molecule has 1 aliphatic carbocycles. The lowest BCUT2D eigenvalue weighted by atomic mass is 9.69. The summed E-state index contributed by atoms with van der Waals surface area (Å²) in [6.45, 7) is 3.25. The van der Waals surface area contributed by atoms with Gasteiger partial charge in [-0.15, -0.1) is 11.3 Å². The monoisotopic (exact) mass is 478 g/mol. The number of aromatic nitrogens is 3. The quantitative estimate of drug-likeness (QED) is 0.373. The van der Waals surface area contributed by atoms with Crippen molar-refractivity contribution in [2.75, 3.05) is 6.61 Å². The van der Waals surface area contributed by atoms with Crippen LogP contribution < -0.4 is 5.32 Å². The number of nitrogens with one attached hydrogen (secondary N) is 1. The lowest BCUT2D eigenvalue weighted by molar-refractivity contribution is -0.165. The molecule has 2 saturated heterocycles. The predicted octanol–water partition coefficient (Wildman–Crippen LogP) is 5.60. The van der Waals surface area contributed by atoms with Crippen molar-refractivity contribution < 1.29 is 13.7 Å². The SMILES string of the molecule is Cc1ccc2ncc(F)c(CCC34CCC(NCc5cc(-c6cccs6)on5)(CC3)CO4)c2n1. The van der Waals surface area contributed by atoms with E-state index in [1.54, 1.807) is 11.3 Å². The van der Waals surface area contributed by atoms with Crippen molar-refractivity contribution >= 4 is 22.4 Å². The Morgan fingerprint density at radius 1 is 1.18 bits per heavy atom. The highest BCUT2D eigenvalue weighted by Crippen LogP contribution is 2.46. The zero-order valence-electron chi connectivity index (χ0n) is 19.1. The summed E-state index contributed by atoms with van der Waals surface area (Å²) in [7, 11) is 0. The van der Waals surface area contributed by atoms with E-state index in [1.165, 1.54) is 6.20 Å². The molecule has 0 aromatic carbocycles. The van der Waals surface area contributed by atoms with Crippen LogP contribution in [0.4, 0.5) is 4.39 Å². The maximum absolute atomic E-state index is 14.7. The maximum Gasteiger partial charge on any atom is 0.177 e. The molecule has 4 aromatic heterocycles. The molecule has 34 heavy (non-hydrogen) atoms. The van der Waals surface area contributed by atoms with Gasteiger partial charge in [0, 0.05) is 29.4 Å². The van der Waals surface area contributed by atoms with Gasteiger partial charge < -0.3 is 14.6 Å². The van der Waals surface area contributed by atoms with Crippen molar-refractivity contribution in [3.63, 3.8) is 0 Å². The van der Waals surface area contributed by atoms with Gasteiger partial charge in [0.05, 0.1) is 40.0 Å². The van der Waals surface area contributed by atoms with Crippen LogP contribution in [0.5, 0.6) is 0 Å². The third-order valence-electron chi connectivity index (χ3n) is 7.48. The first-order chi connectivity index (χ1) is 16.5. The highest BCUT2D eigenvalue weighted by Gasteiger charge is 2.49. The Kier molecular flexibility index (Phi) is 5.47. The molecule has 0 atom stereocenters. The maximum atomic E-state index is 14.7. The van der Waals surface area contributed by atoms with E-state index in [9.17, 15) is 4.39 Å². The van der Waals surface area contributed by atoms with E-state index in [4.69, 9.17) is 9.26 Å². The van der Waals surface area contributed by atoms with Gasteiger partial charge in [0.2, 0.25) is 0 Å². The summed E-state index contributed by atoms with van der Waals surface area (Å²) in [6, 6.07) is 9.88. The molecule has 2 bridgehead atoms. The van der Waals surface area contributed by atoms with E-state index < -0.39 is 0 Å². The number of hydrogen-bond donors (Lipinski definition) is 1. The number of nitrogens with zero attached hydrogens (tertiary/aromatic N) is 3. The lowest BCUT2D eigenvalue weighted by Crippen LogP contribution is -2.61. The molecular weight excluding hydrogens is 451 g/mol. The van der Waals surface area contributed by atoms with Gasteiger partial charge in [-0.25, -0.2) is 4.39 Å². The van der Waals surface area contributed by atoms with Crippen LogP contribution in [0.15, 0.2) is 46.4 Å². The summed E-state index contributed by atoms with van der Waals surface area (Å²) in [5.74, 6) is 0.534. The number of fused-ring (bicyclic) bond motifs is 4. The highest BCUT2D eigenvalue weighted by molar-refractivity contribution is 7.13. The van der Waals surface area contributed by atoms with Gasteiger partial charge in [-0.3, -0.25) is 9.97 Å². The van der Waals surface area contributed by atoms with Crippen LogP contribution in [0.2, 0.25) is 0 Å². The first-order valence-electron chi connectivity index (χ1n) is 11.8. The van der Waals surface area contributed by atoms with Crippen molar-refractivity contribution in [2.24, 2.45) is 0 Å². The molecular formula is C26H27FN4O2S. The van der Waals surface area contributed by atoms with E-state index in [2.05, 4.69) is 20.4 Å². The van der Waals surface area contributed by atoms with E-state index in [0.717, 1.165) is 59.6 Å². The Bertz CT molecular complexity index is 1290. The zero-order chi connectivity index (χ0) is 23.2. The van der Waals surface area contributed by atoms with Gasteiger partial charge in [-0.1, -0.05) is 11.2 Å². The molecule has 8 heteroatoms. The number of thiophene rings is 1. The van der Waals surface area contributed by atoms with Crippen molar-refractivity contribution in [3.8, 4) is 10.6 Å². The molecule has 7 rings (SSSR count). The fraction of sp³-hybridized carbons (Fsp3) is 0.423. The second-order valence-corrected chi connectivity index (χ2v) is 10.6. The molecule has 3 fully saturated rings. The number of halogens is 1. The molecule has 0 spiro atoms. The molecule has 6 nitrogen and oxygen atoms in total. The lowest BCUT2D eigenvalue weighted by Gasteiger charge is -2.53. The van der Waals surface area contributed by atoms with E-state index >= 15 is 0 Å². The smallest absolute Gasteiger partial charge is 0.177 e. The molecule has 1 saturated carbocycles. The minimum absolute atomic E-state index is 0.0307. The summed E-state index contributed by atoms with van der Waals surface area (Å²) in [6.07, 6.45) is 6.73. The van der Waals surface area contributed by atoms with Gasteiger partial charge in [-0.05, 0) is 69.0 Å². The third kappa shape index (κ3) is 4.04. The molecule has 2 aliphatic heterocycles. The fourth-order valence-electron chi connectivity index (χ4n) is 5.31. The van der Waals surface area contributed by atoms with Gasteiger partial charge in [0.15, 0.2) is 5.76 Å². The van der Waals surface area contributed by atoms with E-state index in [1.807, 2.05) is 42.6 Å². The highest BCUT2D eigenvalue weighted by atomic mass is 32.1. The number of aryl methyl sites for hydroxylation is 2. The van der Waals surface area contributed by atoms with E-state index in [-0.39, 0.29) is 17.0 Å². The second-order valence-electron chi connectivity index (χ2n) is 9.67. The van der Waals surface area contributed by atoms with Crippen LogP contribution in [0.25, 0.3) is 21.7 Å². The molecule has 6 heterocycles. The molecule has 1 N–H and O–H groups in total. The summed E-state index contributed by atoms with van der Waals surface area (Å²) < 4.78 is 26.7. The van der Waals surface area contributed by atoms with Crippen LogP contribution in [0.1, 0.15) is 49.1 Å². The molecule has 0 amide bonds. The minimum atomic E-state index is -0.279.